The van der Waals surface area contributed by atoms with Gasteiger partial charge in [-0.05, 0) is 20.3 Å². The smallest absolute Gasteiger partial charge is 0.163 e. The molecule has 0 spiro atoms. The quantitative estimate of drug-likeness (QED) is 0.906. The third-order valence-electron chi connectivity index (χ3n) is 4.12. The third kappa shape index (κ3) is 3.32. The van der Waals surface area contributed by atoms with Crippen molar-refractivity contribution in [2.75, 3.05) is 24.3 Å². The molecule has 4 heteroatoms. The van der Waals surface area contributed by atoms with E-state index in [0.717, 1.165) is 29.4 Å². The highest BCUT2D eigenvalue weighted by Crippen LogP contribution is 2.27. The lowest BCUT2D eigenvalue weighted by atomic mass is 10.00. The van der Waals surface area contributed by atoms with Gasteiger partial charge in [0.2, 0.25) is 0 Å². The SMILES string of the molecule is CCC(C)(C)N(C)c1cc(NC)nc(-c2ccccc2)n1. The summed E-state index contributed by atoms with van der Waals surface area (Å²) in [7, 11) is 3.96. The van der Waals surface area contributed by atoms with Crippen molar-refractivity contribution >= 4 is 11.6 Å². The van der Waals surface area contributed by atoms with Crippen molar-refractivity contribution in [3.8, 4) is 11.4 Å². The van der Waals surface area contributed by atoms with Crippen molar-refractivity contribution < 1.29 is 0 Å². The molecule has 0 bridgehead atoms. The molecule has 21 heavy (non-hydrogen) atoms. The molecule has 0 unspecified atom stereocenters. The Bertz CT molecular complexity index is 593. The summed E-state index contributed by atoms with van der Waals surface area (Å²) >= 11 is 0. The highest BCUT2D eigenvalue weighted by Gasteiger charge is 2.23. The van der Waals surface area contributed by atoms with Crippen LogP contribution in [0.4, 0.5) is 11.6 Å². The standard InChI is InChI=1S/C17H24N4/c1-6-17(2,3)21(5)15-12-14(18-4)19-16(20-15)13-10-8-7-9-11-13/h7-12H,6H2,1-5H3,(H,18,19,20). The predicted octanol–water partition coefficient (Wildman–Crippen LogP) is 3.81. The minimum absolute atomic E-state index is 0.0489. The Morgan fingerprint density at radius 2 is 1.81 bits per heavy atom. The van der Waals surface area contributed by atoms with Crippen LogP contribution in [0.2, 0.25) is 0 Å². The summed E-state index contributed by atoms with van der Waals surface area (Å²) < 4.78 is 0. The summed E-state index contributed by atoms with van der Waals surface area (Å²) in [5.41, 5.74) is 1.08. The third-order valence-corrected chi connectivity index (χ3v) is 4.12. The van der Waals surface area contributed by atoms with Gasteiger partial charge in [0, 0.05) is 31.3 Å². The number of anilines is 2. The van der Waals surface area contributed by atoms with Crippen molar-refractivity contribution in [2.24, 2.45) is 0 Å². The lowest BCUT2D eigenvalue weighted by molar-refractivity contribution is 0.467. The van der Waals surface area contributed by atoms with E-state index < -0.39 is 0 Å². The topological polar surface area (TPSA) is 41.0 Å². The van der Waals surface area contributed by atoms with Gasteiger partial charge in [-0.2, -0.15) is 0 Å². The second-order valence-electron chi connectivity index (χ2n) is 5.78. The van der Waals surface area contributed by atoms with Crippen LogP contribution in [-0.4, -0.2) is 29.6 Å². The zero-order valence-electron chi connectivity index (χ0n) is 13.5. The molecule has 1 aromatic carbocycles. The van der Waals surface area contributed by atoms with E-state index in [-0.39, 0.29) is 5.54 Å². The molecule has 0 aliphatic rings. The maximum absolute atomic E-state index is 4.74. The maximum atomic E-state index is 4.74. The van der Waals surface area contributed by atoms with Gasteiger partial charge >= 0.3 is 0 Å². The summed E-state index contributed by atoms with van der Waals surface area (Å²) in [5, 5.41) is 3.12. The van der Waals surface area contributed by atoms with Crippen molar-refractivity contribution in [1.82, 2.24) is 9.97 Å². The molecule has 0 saturated carbocycles. The molecule has 0 aliphatic carbocycles. The maximum Gasteiger partial charge on any atom is 0.163 e. The molecule has 0 atom stereocenters. The molecule has 0 amide bonds. The van der Waals surface area contributed by atoms with Crippen LogP contribution in [0.15, 0.2) is 36.4 Å². The van der Waals surface area contributed by atoms with Gasteiger partial charge in [-0.15, -0.1) is 0 Å². The van der Waals surface area contributed by atoms with Gasteiger partial charge in [-0.1, -0.05) is 37.3 Å². The van der Waals surface area contributed by atoms with Gasteiger partial charge in [-0.3, -0.25) is 0 Å². The van der Waals surface area contributed by atoms with E-state index in [4.69, 9.17) is 4.98 Å². The van der Waals surface area contributed by atoms with Crippen LogP contribution in [0.25, 0.3) is 11.4 Å². The van der Waals surface area contributed by atoms with Gasteiger partial charge in [0.25, 0.3) is 0 Å². The van der Waals surface area contributed by atoms with Crippen molar-refractivity contribution in [3.63, 3.8) is 0 Å². The molecule has 0 fully saturated rings. The zero-order valence-corrected chi connectivity index (χ0v) is 13.5. The highest BCUT2D eigenvalue weighted by molar-refractivity contribution is 5.61. The molecule has 4 nitrogen and oxygen atoms in total. The second-order valence-corrected chi connectivity index (χ2v) is 5.78. The van der Waals surface area contributed by atoms with Crippen LogP contribution in [0, 0.1) is 0 Å². The summed E-state index contributed by atoms with van der Waals surface area (Å²) in [5.74, 6) is 2.51. The van der Waals surface area contributed by atoms with Crippen LogP contribution in [0.5, 0.6) is 0 Å². The monoisotopic (exact) mass is 284 g/mol. The molecule has 0 saturated heterocycles. The molecular formula is C17H24N4. The fourth-order valence-electron chi connectivity index (χ4n) is 2.00. The number of nitrogens with one attached hydrogen (secondary N) is 1. The lowest BCUT2D eigenvalue weighted by Crippen LogP contribution is -2.41. The summed E-state index contributed by atoms with van der Waals surface area (Å²) in [4.78, 5) is 11.5. The number of rotatable bonds is 5. The first-order chi connectivity index (χ1) is 9.97. The van der Waals surface area contributed by atoms with E-state index >= 15 is 0 Å². The number of nitrogens with zero attached hydrogens (tertiary/aromatic N) is 3. The second kappa shape index (κ2) is 6.12. The first-order valence-corrected chi connectivity index (χ1v) is 7.34. The first kappa shape index (κ1) is 15.3. The Morgan fingerprint density at radius 3 is 2.38 bits per heavy atom. The van der Waals surface area contributed by atoms with E-state index in [0.29, 0.717) is 0 Å². The summed E-state index contributed by atoms with van der Waals surface area (Å²) in [6.45, 7) is 6.63. The predicted molar refractivity (Wildman–Crippen MR) is 89.8 cm³/mol. The Hall–Kier alpha value is -2.10. The highest BCUT2D eigenvalue weighted by atomic mass is 15.2. The van der Waals surface area contributed by atoms with E-state index in [1.165, 1.54) is 0 Å². The normalized spacial score (nSPS) is 11.3. The molecule has 0 aliphatic heterocycles. The Labute approximate surface area is 127 Å². The van der Waals surface area contributed by atoms with Gasteiger partial charge in [0.05, 0.1) is 0 Å². The van der Waals surface area contributed by atoms with E-state index in [9.17, 15) is 0 Å². The molecule has 1 aromatic heterocycles. The van der Waals surface area contributed by atoms with Crippen LogP contribution in [-0.2, 0) is 0 Å². The van der Waals surface area contributed by atoms with E-state index in [1.54, 1.807) is 0 Å². The average Bonchev–Trinajstić information content (AvgIpc) is 2.54. The van der Waals surface area contributed by atoms with Gasteiger partial charge in [0.1, 0.15) is 11.6 Å². The van der Waals surface area contributed by atoms with Crippen LogP contribution < -0.4 is 10.2 Å². The molecule has 2 rings (SSSR count). The Morgan fingerprint density at radius 1 is 1.14 bits per heavy atom. The molecule has 1 N–H and O–H groups in total. The largest absolute Gasteiger partial charge is 0.373 e. The Kier molecular flexibility index (Phi) is 4.46. The van der Waals surface area contributed by atoms with Crippen molar-refractivity contribution in [2.45, 2.75) is 32.7 Å². The van der Waals surface area contributed by atoms with Gasteiger partial charge in [-0.25, -0.2) is 9.97 Å². The molecule has 112 valence electrons. The average molecular weight is 284 g/mol. The molecule has 0 radical (unpaired) electrons. The van der Waals surface area contributed by atoms with Crippen LogP contribution in [0.3, 0.4) is 0 Å². The van der Waals surface area contributed by atoms with Crippen LogP contribution in [0.1, 0.15) is 27.2 Å². The molecule has 2 aromatic rings. The molecule has 1 heterocycles. The minimum Gasteiger partial charge on any atom is -0.373 e. The van der Waals surface area contributed by atoms with Gasteiger partial charge < -0.3 is 10.2 Å². The molecular weight excluding hydrogens is 260 g/mol. The Balaban J connectivity index is 2.48. The van der Waals surface area contributed by atoms with E-state index in [1.807, 2.05) is 43.4 Å². The van der Waals surface area contributed by atoms with Crippen LogP contribution >= 0.6 is 0 Å². The fourth-order valence-corrected chi connectivity index (χ4v) is 2.00. The van der Waals surface area contributed by atoms with Gasteiger partial charge in [0.15, 0.2) is 5.82 Å². The number of aromatic nitrogens is 2. The first-order valence-electron chi connectivity index (χ1n) is 7.34. The lowest BCUT2D eigenvalue weighted by Gasteiger charge is -2.36. The van der Waals surface area contributed by atoms with E-state index in [2.05, 4.69) is 43.0 Å². The summed E-state index contributed by atoms with van der Waals surface area (Å²) in [6.07, 6.45) is 1.04. The zero-order chi connectivity index (χ0) is 15.5. The fraction of sp³-hybridized carbons (Fsp3) is 0.412. The van der Waals surface area contributed by atoms with Crippen molar-refractivity contribution in [1.29, 1.82) is 0 Å². The number of hydrogen-bond donors (Lipinski definition) is 1. The number of benzene rings is 1. The minimum atomic E-state index is 0.0489. The summed E-state index contributed by atoms with van der Waals surface area (Å²) in [6, 6.07) is 12.1. The van der Waals surface area contributed by atoms with Crippen molar-refractivity contribution in [3.05, 3.63) is 36.4 Å². The number of hydrogen-bond acceptors (Lipinski definition) is 4.